The zero-order valence-electron chi connectivity index (χ0n) is 14.7. The van der Waals surface area contributed by atoms with Crippen LogP contribution in [0.25, 0.3) is 0 Å². The van der Waals surface area contributed by atoms with Crippen molar-refractivity contribution in [2.45, 2.75) is 56.8 Å². The Morgan fingerprint density at radius 2 is 2.08 bits per heavy atom. The van der Waals surface area contributed by atoms with E-state index in [4.69, 9.17) is 0 Å². The molecule has 1 aromatic heterocycles. The lowest BCUT2D eigenvalue weighted by Gasteiger charge is -2.35. The number of amides is 1. The van der Waals surface area contributed by atoms with Gasteiger partial charge in [-0.05, 0) is 43.4 Å². The van der Waals surface area contributed by atoms with Crippen molar-refractivity contribution in [2.75, 3.05) is 0 Å². The fraction of sp³-hybridized carbons (Fsp3) is 0.429. The van der Waals surface area contributed by atoms with Crippen LogP contribution in [0.2, 0.25) is 0 Å². The first-order valence-electron chi connectivity index (χ1n) is 9.16. The molecule has 1 amide bonds. The van der Waals surface area contributed by atoms with Crippen LogP contribution in [0.5, 0.6) is 0 Å². The van der Waals surface area contributed by atoms with E-state index in [2.05, 4.69) is 58.5 Å². The molecule has 2 aliphatic heterocycles. The van der Waals surface area contributed by atoms with Crippen LogP contribution in [0.3, 0.4) is 0 Å². The molecule has 0 radical (unpaired) electrons. The van der Waals surface area contributed by atoms with Crippen molar-refractivity contribution in [3.05, 3.63) is 66.0 Å². The van der Waals surface area contributed by atoms with Gasteiger partial charge in [0.05, 0.1) is 5.54 Å². The van der Waals surface area contributed by atoms with E-state index < -0.39 is 0 Å². The van der Waals surface area contributed by atoms with Gasteiger partial charge in [0.2, 0.25) is 5.91 Å². The van der Waals surface area contributed by atoms with Gasteiger partial charge in [-0.15, -0.1) is 0 Å². The number of aromatic nitrogens is 1. The maximum atomic E-state index is 12.2. The highest BCUT2D eigenvalue weighted by Gasteiger charge is 2.50. The minimum absolute atomic E-state index is 0.170. The predicted octanol–water partition coefficient (Wildman–Crippen LogP) is 3.46. The maximum absolute atomic E-state index is 12.2. The van der Waals surface area contributed by atoms with Crippen LogP contribution in [0.15, 0.2) is 54.9 Å². The van der Waals surface area contributed by atoms with Gasteiger partial charge in [0, 0.05) is 37.4 Å². The van der Waals surface area contributed by atoms with E-state index in [9.17, 15) is 4.79 Å². The van der Waals surface area contributed by atoms with Crippen molar-refractivity contribution in [1.82, 2.24) is 15.2 Å². The van der Waals surface area contributed by atoms with Crippen molar-refractivity contribution < 1.29 is 4.79 Å². The van der Waals surface area contributed by atoms with E-state index in [1.165, 1.54) is 11.1 Å². The third-order valence-corrected chi connectivity index (χ3v) is 5.73. The van der Waals surface area contributed by atoms with Gasteiger partial charge >= 0.3 is 0 Å². The molecule has 4 nitrogen and oxygen atoms in total. The lowest BCUT2D eigenvalue weighted by Crippen LogP contribution is -2.52. The van der Waals surface area contributed by atoms with E-state index in [1.807, 2.05) is 18.5 Å². The summed E-state index contributed by atoms with van der Waals surface area (Å²) in [6.07, 6.45) is 7.37. The number of nitrogens with zero attached hydrogens (tertiary/aromatic N) is 2. The molecule has 0 bridgehead atoms. The van der Waals surface area contributed by atoms with Gasteiger partial charge in [0.25, 0.3) is 0 Å². The molecule has 1 aromatic carbocycles. The Kier molecular flexibility index (Phi) is 4.30. The van der Waals surface area contributed by atoms with Crippen LogP contribution in [-0.2, 0) is 11.3 Å². The number of carbonyl (C=O) groups excluding carboxylic acids is 1. The van der Waals surface area contributed by atoms with Crippen LogP contribution < -0.4 is 5.32 Å². The Bertz CT molecular complexity index is 733. The fourth-order valence-electron chi connectivity index (χ4n) is 4.60. The Morgan fingerprint density at radius 3 is 2.84 bits per heavy atom. The number of pyridine rings is 1. The molecule has 2 aromatic rings. The van der Waals surface area contributed by atoms with Crippen molar-refractivity contribution in [3.63, 3.8) is 0 Å². The molecule has 0 saturated carbocycles. The first kappa shape index (κ1) is 16.3. The third-order valence-electron chi connectivity index (χ3n) is 5.73. The average molecular weight is 335 g/mol. The molecule has 25 heavy (non-hydrogen) atoms. The van der Waals surface area contributed by atoms with E-state index in [0.717, 1.165) is 25.8 Å². The smallest absolute Gasteiger partial charge is 0.220 e. The largest absolute Gasteiger partial charge is 0.349 e. The van der Waals surface area contributed by atoms with Gasteiger partial charge in [-0.1, -0.05) is 36.4 Å². The minimum atomic E-state index is -0.170. The van der Waals surface area contributed by atoms with Crippen molar-refractivity contribution >= 4 is 5.91 Å². The Labute approximate surface area is 149 Å². The monoisotopic (exact) mass is 335 g/mol. The normalized spacial score (nSPS) is 29.7. The number of nitrogens with one attached hydrogen (secondary N) is 1. The average Bonchev–Trinajstić information content (AvgIpc) is 2.79. The number of rotatable bonds is 3. The number of benzene rings is 1. The van der Waals surface area contributed by atoms with Gasteiger partial charge in [0.1, 0.15) is 0 Å². The summed E-state index contributed by atoms with van der Waals surface area (Å²) in [4.78, 5) is 19.1. The highest BCUT2D eigenvalue weighted by atomic mass is 16.1. The van der Waals surface area contributed by atoms with Gasteiger partial charge in [-0.25, -0.2) is 0 Å². The number of hydrogen-bond acceptors (Lipinski definition) is 3. The van der Waals surface area contributed by atoms with Crippen molar-refractivity contribution in [3.8, 4) is 0 Å². The number of fused-ring (bicyclic) bond motifs is 1. The zero-order chi connectivity index (χ0) is 17.3. The number of likely N-dealkylation sites (tertiary alicyclic amines) is 1. The lowest BCUT2D eigenvalue weighted by molar-refractivity contribution is -0.122. The van der Waals surface area contributed by atoms with Gasteiger partial charge in [0.15, 0.2) is 0 Å². The zero-order valence-corrected chi connectivity index (χ0v) is 14.7. The van der Waals surface area contributed by atoms with E-state index in [0.29, 0.717) is 18.5 Å². The molecule has 2 aliphatic rings. The Balaban J connectivity index is 1.70. The number of hydrogen-bond donors (Lipinski definition) is 1. The highest BCUT2D eigenvalue weighted by Crippen LogP contribution is 2.45. The molecule has 3 heterocycles. The van der Waals surface area contributed by atoms with E-state index >= 15 is 0 Å². The minimum Gasteiger partial charge on any atom is -0.349 e. The molecular weight excluding hydrogens is 310 g/mol. The maximum Gasteiger partial charge on any atom is 0.220 e. The predicted molar refractivity (Wildman–Crippen MR) is 97.8 cm³/mol. The summed E-state index contributed by atoms with van der Waals surface area (Å²) in [6, 6.07) is 15.5. The SMILES string of the molecule is C[C@]12C[C@@H](c3ccccc3)N(Cc3cccnc3)[C@H]1CCCC(=O)N2. The molecule has 2 saturated heterocycles. The van der Waals surface area contributed by atoms with Gasteiger partial charge < -0.3 is 5.32 Å². The molecule has 0 unspecified atom stereocenters. The summed E-state index contributed by atoms with van der Waals surface area (Å²) in [7, 11) is 0. The second kappa shape index (κ2) is 6.60. The molecule has 3 atom stereocenters. The first-order valence-corrected chi connectivity index (χ1v) is 9.16. The van der Waals surface area contributed by atoms with E-state index in [1.54, 1.807) is 0 Å². The molecule has 2 fully saturated rings. The molecule has 130 valence electrons. The summed E-state index contributed by atoms with van der Waals surface area (Å²) in [5.41, 5.74) is 2.38. The van der Waals surface area contributed by atoms with Crippen molar-refractivity contribution in [2.24, 2.45) is 0 Å². The summed E-state index contributed by atoms with van der Waals surface area (Å²) in [5.74, 6) is 0.194. The molecule has 4 heteroatoms. The Hall–Kier alpha value is -2.20. The summed E-state index contributed by atoms with van der Waals surface area (Å²) in [5, 5.41) is 3.34. The molecule has 4 rings (SSSR count). The first-order chi connectivity index (χ1) is 12.2. The third kappa shape index (κ3) is 3.19. The standard InChI is InChI=1S/C21H25N3O/c1-21-13-18(17-8-3-2-4-9-17)24(15-16-7-6-12-22-14-16)19(21)10-5-11-20(25)23-21/h2-4,6-9,12,14,18-19H,5,10-11,13,15H2,1H3,(H,23,25)/t18-,19-,21-/m0/s1. The van der Waals surface area contributed by atoms with Crippen molar-refractivity contribution in [1.29, 1.82) is 0 Å². The lowest BCUT2D eigenvalue weighted by atomic mass is 9.88. The van der Waals surface area contributed by atoms with Crippen LogP contribution in [0, 0.1) is 0 Å². The molecule has 1 N–H and O–H groups in total. The van der Waals surface area contributed by atoms with Crippen LogP contribution in [0.1, 0.15) is 49.8 Å². The topological polar surface area (TPSA) is 45.2 Å². The molecule has 0 aliphatic carbocycles. The second-order valence-electron chi connectivity index (χ2n) is 7.54. The summed E-state index contributed by atoms with van der Waals surface area (Å²) < 4.78 is 0. The Morgan fingerprint density at radius 1 is 1.24 bits per heavy atom. The van der Waals surface area contributed by atoms with Crippen LogP contribution in [0.4, 0.5) is 0 Å². The number of carbonyl (C=O) groups is 1. The van der Waals surface area contributed by atoms with Crippen LogP contribution in [-0.4, -0.2) is 27.4 Å². The summed E-state index contributed by atoms with van der Waals surface area (Å²) in [6.45, 7) is 3.09. The quantitative estimate of drug-likeness (QED) is 0.934. The van der Waals surface area contributed by atoms with Gasteiger partial charge in [-0.2, -0.15) is 0 Å². The van der Waals surface area contributed by atoms with E-state index in [-0.39, 0.29) is 11.4 Å². The highest BCUT2D eigenvalue weighted by molar-refractivity contribution is 5.77. The fourth-order valence-corrected chi connectivity index (χ4v) is 4.60. The molecular formula is C21H25N3O. The summed E-state index contributed by atoms with van der Waals surface area (Å²) >= 11 is 0. The molecule has 0 spiro atoms. The van der Waals surface area contributed by atoms with Gasteiger partial charge in [-0.3, -0.25) is 14.7 Å². The second-order valence-corrected chi connectivity index (χ2v) is 7.54. The van der Waals surface area contributed by atoms with Crippen LogP contribution >= 0.6 is 0 Å².